The Bertz CT molecular complexity index is 662. The van der Waals surface area contributed by atoms with E-state index in [0.717, 1.165) is 36.3 Å². The number of benzene rings is 1. The van der Waals surface area contributed by atoms with Crippen molar-refractivity contribution >= 4 is 29.9 Å². The molecular weight excluding hydrogens is 415 g/mol. The number of aryl methyl sites for hydroxylation is 1. The van der Waals surface area contributed by atoms with Gasteiger partial charge in [0.2, 0.25) is 5.89 Å². The molecule has 0 amide bonds. The molecule has 1 aliphatic rings. The van der Waals surface area contributed by atoms with Crippen LogP contribution in [0.25, 0.3) is 11.3 Å². The van der Waals surface area contributed by atoms with Gasteiger partial charge in [-0.05, 0) is 32.6 Å². The van der Waals surface area contributed by atoms with E-state index in [1.807, 2.05) is 12.1 Å². The highest BCUT2D eigenvalue weighted by Crippen LogP contribution is 2.27. The predicted molar refractivity (Wildman–Crippen MR) is 108 cm³/mol. The first kappa shape index (κ1) is 18.8. The summed E-state index contributed by atoms with van der Waals surface area (Å²) in [5.41, 5.74) is 2.27. The average molecular weight is 440 g/mol. The van der Waals surface area contributed by atoms with E-state index >= 15 is 0 Å². The van der Waals surface area contributed by atoms with E-state index in [-0.39, 0.29) is 24.0 Å². The molecule has 0 radical (unpaired) electrons. The van der Waals surface area contributed by atoms with E-state index in [1.54, 1.807) is 6.20 Å². The molecule has 0 spiro atoms. The van der Waals surface area contributed by atoms with Crippen LogP contribution in [0.3, 0.4) is 0 Å². The van der Waals surface area contributed by atoms with Crippen LogP contribution in [0, 0.1) is 12.8 Å². The highest BCUT2D eigenvalue weighted by Gasteiger charge is 2.21. The molecule has 24 heavy (non-hydrogen) atoms. The summed E-state index contributed by atoms with van der Waals surface area (Å²) in [4.78, 5) is 8.87. The standard InChI is InChI=1S/C18H24N4O.HI/c1-3-19-18(21-10-14-6-7-14)22-12-17-20-11-16(23-17)15-8-4-13(2)5-9-15;/h4-5,8-9,11,14H,3,6-7,10,12H2,1-2H3,(H2,19,21,22);1H. The van der Waals surface area contributed by atoms with Crippen LogP contribution in [0.1, 0.15) is 31.2 Å². The van der Waals surface area contributed by atoms with Crippen LogP contribution in [0.5, 0.6) is 0 Å². The van der Waals surface area contributed by atoms with Gasteiger partial charge in [0.15, 0.2) is 11.7 Å². The number of rotatable bonds is 6. The first-order valence-electron chi connectivity index (χ1n) is 8.28. The van der Waals surface area contributed by atoms with Crippen LogP contribution in [0.15, 0.2) is 39.9 Å². The van der Waals surface area contributed by atoms with Gasteiger partial charge in [0.1, 0.15) is 6.54 Å². The number of nitrogens with one attached hydrogen (secondary N) is 2. The highest BCUT2D eigenvalue weighted by atomic mass is 127. The highest BCUT2D eigenvalue weighted by molar-refractivity contribution is 14.0. The Labute approximate surface area is 160 Å². The van der Waals surface area contributed by atoms with Gasteiger partial charge in [0, 0.05) is 18.7 Å². The van der Waals surface area contributed by atoms with Gasteiger partial charge in [-0.25, -0.2) is 9.98 Å². The lowest BCUT2D eigenvalue weighted by Crippen LogP contribution is -2.38. The summed E-state index contributed by atoms with van der Waals surface area (Å²) in [5, 5.41) is 6.62. The lowest BCUT2D eigenvalue weighted by molar-refractivity contribution is 0.509. The minimum atomic E-state index is 0. The molecule has 2 N–H and O–H groups in total. The predicted octanol–water partition coefficient (Wildman–Crippen LogP) is 3.73. The smallest absolute Gasteiger partial charge is 0.216 e. The van der Waals surface area contributed by atoms with Crippen LogP contribution in [-0.4, -0.2) is 24.0 Å². The second kappa shape index (κ2) is 9.05. The molecule has 0 saturated heterocycles. The Morgan fingerprint density at radius 1 is 1.25 bits per heavy atom. The van der Waals surface area contributed by atoms with Crippen LogP contribution in [-0.2, 0) is 6.54 Å². The van der Waals surface area contributed by atoms with Crippen LogP contribution < -0.4 is 10.6 Å². The largest absolute Gasteiger partial charge is 0.439 e. The number of hydrogen-bond acceptors (Lipinski definition) is 3. The van der Waals surface area contributed by atoms with Crippen molar-refractivity contribution in [3.63, 3.8) is 0 Å². The first-order chi connectivity index (χ1) is 11.2. The number of oxazole rings is 1. The zero-order chi connectivity index (χ0) is 16.1. The summed E-state index contributed by atoms with van der Waals surface area (Å²) >= 11 is 0. The molecule has 5 nitrogen and oxygen atoms in total. The van der Waals surface area contributed by atoms with Gasteiger partial charge in [0.25, 0.3) is 0 Å². The Morgan fingerprint density at radius 2 is 2.00 bits per heavy atom. The van der Waals surface area contributed by atoms with E-state index in [4.69, 9.17) is 4.42 Å². The van der Waals surface area contributed by atoms with Crippen LogP contribution >= 0.6 is 24.0 Å². The average Bonchev–Trinajstić information content (AvgIpc) is 3.27. The third kappa shape index (κ3) is 5.51. The van der Waals surface area contributed by atoms with Crippen molar-refractivity contribution in [2.45, 2.75) is 33.2 Å². The van der Waals surface area contributed by atoms with Crippen molar-refractivity contribution in [2.75, 3.05) is 13.1 Å². The van der Waals surface area contributed by atoms with Gasteiger partial charge >= 0.3 is 0 Å². The number of hydrogen-bond donors (Lipinski definition) is 2. The minimum Gasteiger partial charge on any atom is -0.439 e. The molecule has 130 valence electrons. The normalized spacial score (nSPS) is 14.2. The fourth-order valence-electron chi connectivity index (χ4n) is 2.29. The third-order valence-electron chi connectivity index (χ3n) is 3.86. The van der Waals surface area contributed by atoms with Crippen molar-refractivity contribution in [2.24, 2.45) is 10.9 Å². The zero-order valence-corrected chi connectivity index (χ0v) is 16.5. The SMILES string of the molecule is CCNC(=NCc1ncc(-c2ccc(C)cc2)o1)NCC1CC1.I. The molecule has 0 aliphatic heterocycles. The molecule has 1 heterocycles. The monoisotopic (exact) mass is 440 g/mol. The fraction of sp³-hybridized carbons (Fsp3) is 0.444. The van der Waals surface area contributed by atoms with Gasteiger partial charge in [-0.15, -0.1) is 24.0 Å². The molecule has 0 unspecified atom stereocenters. The summed E-state index contributed by atoms with van der Waals surface area (Å²) in [7, 11) is 0. The first-order valence-corrected chi connectivity index (χ1v) is 8.28. The van der Waals surface area contributed by atoms with E-state index in [2.05, 4.69) is 46.6 Å². The molecule has 1 saturated carbocycles. The van der Waals surface area contributed by atoms with Crippen LogP contribution in [0.2, 0.25) is 0 Å². The molecular formula is C18H25IN4O. The molecule has 0 bridgehead atoms. The molecule has 1 fully saturated rings. The second-order valence-corrected chi connectivity index (χ2v) is 6.00. The number of halogens is 1. The van der Waals surface area contributed by atoms with Gasteiger partial charge in [-0.3, -0.25) is 0 Å². The zero-order valence-electron chi connectivity index (χ0n) is 14.2. The Hall–Kier alpha value is -1.57. The number of guanidine groups is 1. The second-order valence-electron chi connectivity index (χ2n) is 6.00. The Balaban J connectivity index is 0.00000208. The lowest BCUT2D eigenvalue weighted by Gasteiger charge is -2.09. The summed E-state index contributed by atoms with van der Waals surface area (Å²) in [6, 6.07) is 8.23. The van der Waals surface area contributed by atoms with Gasteiger partial charge < -0.3 is 15.1 Å². The van der Waals surface area contributed by atoms with Crippen molar-refractivity contribution in [1.29, 1.82) is 0 Å². The van der Waals surface area contributed by atoms with Gasteiger partial charge in [-0.2, -0.15) is 0 Å². The Morgan fingerprint density at radius 3 is 2.67 bits per heavy atom. The molecule has 1 aliphatic carbocycles. The van der Waals surface area contributed by atoms with Crippen molar-refractivity contribution < 1.29 is 4.42 Å². The van der Waals surface area contributed by atoms with E-state index < -0.39 is 0 Å². The maximum atomic E-state index is 5.80. The fourth-order valence-corrected chi connectivity index (χ4v) is 2.29. The lowest BCUT2D eigenvalue weighted by atomic mass is 10.1. The Kier molecular flexibility index (Phi) is 7.08. The van der Waals surface area contributed by atoms with E-state index in [9.17, 15) is 0 Å². The van der Waals surface area contributed by atoms with E-state index in [0.29, 0.717) is 12.4 Å². The quantitative estimate of drug-likeness (QED) is 0.408. The van der Waals surface area contributed by atoms with Crippen molar-refractivity contribution in [3.05, 3.63) is 41.9 Å². The van der Waals surface area contributed by atoms with Crippen molar-refractivity contribution in [1.82, 2.24) is 15.6 Å². The van der Waals surface area contributed by atoms with Crippen molar-refractivity contribution in [3.8, 4) is 11.3 Å². The summed E-state index contributed by atoms with van der Waals surface area (Å²) in [5.74, 6) is 3.05. The number of aromatic nitrogens is 1. The third-order valence-corrected chi connectivity index (χ3v) is 3.86. The van der Waals surface area contributed by atoms with Gasteiger partial charge in [0.05, 0.1) is 6.20 Å². The maximum absolute atomic E-state index is 5.80. The summed E-state index contributed by atoms with van der Waals surface area (Å²) in [6.07, 6.45) is 4.41. The molecule has 2 aromatic rings. The molecule has 6 heteroatoms. The molecule has 1 aromatic carbocycles. The minimum absolute atomic E-state index is 0. The maximum Gasteiger partial charge on any atom is 0.216 e. The molecule has 0 atom stereocenters. The molecule has 1 aromatic heterocycles. The number of nitrogens with zero attached hydrogens (tertiary/aromatic N) is 2. The van der Waals surface area contributed by atoms with E-state index in [1.165, 1.54) is 18.4 Å². The summed E-state index contributed by atoms with van der Waals surface area (Å²) < 4.78 is 5.80. The van der Waals surface area contributed by atoms with Crippen LogP contribution in [0.4, 0.5) is 0 Å². The summed E-state index contributed by atoms with van der Waals surface area (Å²) in [6.45, 7) is 6.41. The van der Waals surface area contributed by atoms with Gasteiger partial charge in [-0.1, -0.05) is 29.8 Å². The number of aliphatic imine (C=N–C) groups is 1. The molecule has 3 rings (SSSR count). The topological polar surface area (TPSA) is 62.5 Å².